The number of aryl methyl sites for hydroxylation is 1. The number of carbonyl (C=O) groups excluding carboxylic acids is 2. The number of anilines is 1. The number of nitrogens with zero attached hydrogens (tertiary/aromatic N) is 2. The molecule has 0 spiro atoms. The molecule has 0 saturated carbocycles. The van der Waals surface area contributed by atoms with Gasteiger partial charge in [0.2, 0.25) is 0 Å². The summed E-state index contributed by atoms with van der Waals surface area (Å²) in [6.45, 7) is 1.69. The third kappa shape index (κ3) is 3.49. The van der Waals surface area contributed by atoms with Crippen LogP contribution in [0.3, 0.4) is 0 Å². The fourth-order valence-electron chi connectivity index (χ4n) is 2.61. The quantitative estimate of drug-likeness (QED) is 0.781. The molecule has 0 aliphatic heterocycles. The van der Waals surface area contributed by atoms with Gasteiger partial charge < -0.3 is 14.7 Å². The molecule has 2 aromatic carbocycles. The molecule has 0 aliphatic rings. The van der Waals surface area contributed by atoms with Crippen LogP contribution >= 0.6 is 0 Å². The van der Waals surface area contributed by atoms with Gasteiger partial charge in [0, 0.05) is 30.9 Å². The zero-order chi connectivity index (χ0) is 18.7. The van der Waals surface area contributed by atoms with Crippen LogP contribution in [0.1, 0.15) is 26.5 Å². The molecule has 1 heterocycles. The molecule has 6 nitrogen and oxygen atoms in total. The molecule has 132 valence electrons. The zero-order valence-corrected chi connectivity index (χ0v) is 14.8. The summed E-state index contributed by atoms with van der Waals surface area (Å²) in [6.07, 6.45) is 0. The van der Waals surface area contributed by atoms with Crippen molar-refractivity contribution in [3.05, 3.63) is 71.5 Å². The van der Waals surface area contributed by atoms with Gasteiger partial charge in [-0.3, -0.25) is 9.59 Å². The highest BCUT2D eigenvalue weighted by Crippen LogP contribution is 2.26. The van der Waals surface area contributed by atoms with Crippen molar-refractivity contribution in [1.29, 1.82) is 0 Å². The topological polar surface area (TPSA) is 75.4 Å². The van der Waals surface area contributed by atoms with Crippen LogP contribution in [0.4, 0.5) is 5.69 Å². The molecule has 0 bridgehead atoms. The minimum atomic E-state index is -0.336. The largest absolute Gasteiger partial charge is 0.360 e. The van der Waals surface area contributed by atoms with Gasteiger partial charge in [0.05, 0.1) is 0 Å². The van der Waals surface area contributed by atoms with Crippen molar-refractivity contribution in [3.63, 3.8) is 0 Å². The van der Waals surface area contributed by atoms with Crippen LogP contribution in [-0.2, 0) is 0 Å². The Morgan fingerprint density at radius 2 is 1.77 bits per heavy atom. The van der Waals surface area contributed by atoms with E-state index in [9.17, 15) is 9.59 Å². The Labute approximate surface area is 151 Å². The normalized spacial score (nSPS) is 10.4. The molecule has 3 rings (SSSR count). The SMILES string of the molecule is Cc1onc(-c2ccccc2)c1C(=O)Nc1cccc(C(=O)N(C)C)c1. The van der Waals surface area contributed by atoms with Gasteiger partial charge >= 0.3 is 0 Å². The Hall–Kier alpha value is -3.41. The molecule has 26 heavy (non-hydrogen) atoms. The summed E-state index contributed by atoms with van der Waals surface area (Å²) in [6, 6.07) is 16.2. The molecule has 3 aromatic rings. The summed E-state index contributed by atoms with van der Waals surface area (Å²) in [5, 5.41) is 6.84. The third-order valence-corrected chi connectivity index (χ3v) is 3.91. The minimum Gasteiger partial charge on any atom is -0.360 e. The average molecular weight is 349 g/mol. The Morgan fingerprint density at radius 3 is 2.46 bits per heavy atom. The first-order valence-electron chi connectivity index (χ1n) is 8.12. The first-order chi connectivity index (χ1) is 12.5. The highest BCUT2D eigenvalue weighted by Gasteiger charge is 2.22. The molecule has 0 saturated heterocycles. The Balaban J connectivity index is 1.89. The highest BCUT2D eigenvalue weighted by molar-refractivity contribution is 6.09. The molecule has 0 atom stereocenters. The second kappa shape index (κ2) is 7.23. The van der Waals surface area contributed by atoms with Crippen molar-refractivity contribution < 1.29 is 14.1 Å². The van der Waals surface area contributed by atoms with E-state index in [2.05, 4.69) is 10.5 Å². The number of rotatable bonds is 4. The molecule has 0 aliphatic carbocycles. The summed E-state index contributed by atoms with van der Waals surface area (Å²) in [5.41, 5.74) is 2.69. The van der Waals surface area contributed by atoms with Crippen LogP contribution in [0.5, 0.6) is 0 Å². The second-order valence-corrected chi connectivity index (χ2v) is 6.06. The number of nitrogens with one attached hydrogen (secondary N) is 1. The standard InChI is InChI=1S/C20H19N3O3/c1-13-17(18(22-26-13)14-8-5-4-6-9-14)19(24)21-16-11-7-10-15(12-16)20(25)23(2)3/h4-12H,1-3H3,(H,21,24). The number of carbonyl (C=O) groups is 2. The lowest BCUT2D eigenvalue weighted by molar-refractivity contribution is 0.0827. The van der Waals surface area contributed by atoms with Crippen LogP contribution < -0.4 is 5.32 Å². The molecule has 0 fully saturated rings. The third-order valence-electron chi connectivity index (χ3n) is 3.91. The molecular formula is C20H19N3O3. The lowest BCUT2D eigenvalue weighted by Crippen LogP contribution is -2.22. The van der Waals surface area contributed by atoms with Gasteiger partial charge in [0.1, 0.15) is 17.0 Å². The highest BCUT2D eigenvalue weighted by atomic mass is 16.5. The van der Waals surface area contributed by atoms with Gasteiger partial charge in [-0.1, -0.05) is 41.6 Å². The maximum absolute atomic E-state index is 12.8. The van der Waals surface area contributed by atoms with E-state index < -0.39 is 0 Å². The summed E-state index contributed by atoms with van der Waals surface area (Å²) >= 11 is 0. The van der Waals surface area contributed by atoms with E-state index in [0.717, 1.165) is 5.56 Å². The monoisotopic (exact) mass is 349 g/mol. The Kier molecular flexibility index (Phi) is 4.84. The number of hydrogen-bond donors (Lipinski definition) is 1. The first-order valence-corrected chi connectivity index (χ1v) is 8.12. The fourth-order valence-corrected chi connectivity index (χ4v) is 2.61. The van der Waals surface area contributed by atoms with E-state index in [1.54, 1.807) is 45.3 Å². The molecule has 0 unspecified atom stereocenters. The van der Waals surface area contributed by atoms with E-state index in [4.69, 9.17) is 4.52 Å². The molecular weight excluding hydrogens is 330 g/mol. The van der Waals surface area contributed by atoms with Gasteiger partial charge in [-0.2, -0.15) is 0 Å². The maximum Gasteiger partial charge on any atom is 0.261 e. The van der Waals surface area contributed by atoms with Crippen molar-refractivity contribution in [2.75, 3.05) is 19.4 Å². The molecule has 2 amide bonds. The van der Waals surface area contributed by atoms with E-state index in [0.29, 0.717) is 28.3 Å². The molecule has 0 radical (unpaired) electrons. The average Bonchev–Trinajstić information content (AvgIpc) is 3.03. The van der Waals surface area contributed by atoms with Gasteiger partial charge in [0.15, 0.2) is 0 Å². The van der Waals surface area contributed by atoms with Gasteiger partial charge in [-0.25, -0.2) is 0 Å². The number of benzene rings is 2. The van der Waals surface area contributed by atoms with Crippen LogP contribution in [0.25, 0.3) is 11.3 Å². The van der Waals surface area contributed by atoms with Crippen molar-refractivity contribution in [2.24, 2.45) is 0 Å². The molecule has 6 heteroatoms. The lowest BCUT2D eigenvalue weighted by Gasteiger charge is -2.11. The first kappa shape index (κ1) is 17.4. The molecule has 1 N–H and O–H groups in total. The van der Waals surface area contributed by atoms with Crippen LogP contribution in [-0.4, -0.2) is 36.0 Å². The minimum absolute atomic E-state index is 0.132. The zero-order valence-electron chi connectivity index (χ0n) is 14.8. The van der Waals surface area contributed by atoms with E-state index >= 15 is 0 Å². The van der Waals surface area contributed by atoms with E-state index in [1.807, 2.05) is 30.3 Å². The van der Waals surface area contributed by atoms with Crippen molar-refractivity contribution in [1.82, 2.24) is 10.1 Å². The lowest BCUT2D eigenvalue weighted by atomic mass is 10.1. The summed E-state index contributed by atoms with van der Waals surface area (Å²) in [4.78, 5) is 26.4. The Morgan fingerprint density at radius 1 is 1.04 bits per heavy atom. The van der Waals surface area contributed by atoms with E-state index in [1.165, 1.54) is 4.90 Å². The van der Waals surface area contributed by atoms with Crippen LogP contribution in [0, 0.1) is 6.92 Å². The number of aromatic nitrogens is 1. The van der Waals surface area contributed by atoms with Crippen LogP contribution in [0.15, 0.2) is 59.1 Å². The number of amides is 2. The Bertz CT molecular complexity index is 946. The van der Waals surface area contributed by atoms with Crippen molar-refractivity contribution in [3.8, 4) is 11.3 Å². The predicted octanol–water partition coefficient (Wildman–Crippen LogP) is 3.60. The summed E-state index contributed by atoms with van der Waals surface area (Å²) in [7, 11) is 3.36. The maximum atomic E-state index is 12.8. The van der Waals surface area contributed by atoms with Crippen molar-refractivity contribution in [2.45, 2.75) is 6.92 Å². The van der Waals surface area contributed by atoms with Crippen molar-refractivity contribution >= 4 is 17.5 Å². The second-order valence-electron chi connectivity index (χ2n) is 6.06. The van der Waals surface area contributed by atoms with Gasteiger partial charge in [0.25, 0.3) is 11.8 Å². The molecule has 1 aromatic heterocycles. The predicted molar refractivity (Wildman–Crippen MR) is 99.1 cm³/mol. The number of hydrogen-bond acceptors (Lipinski definition) is 4. The summed E-state index contributed by atoms with van der Waals surface area (Å²) < 4.78 is 5.23. The van der Waals surface area contributed by atoms with Gasteiger partial charge in [-0.05, 0) is 25.1 Å². The fraction of sp³-hybridized carbons (Fsp3) is 0.150. The van der Waals surface area contributed by atoms with E-state index in [-0.39, 0.29) is 11.8 Å². The van der Waals surface area contributed by atoms with Gasteiger partial charge in [-0.15, -0.1) is 0 Å². The van der Waals surface area contributed by atoms with Crippen LogP contribution in [0.2, 0.25) is 0 Å². The summed E-state index contributed by atoms with van der Waals surface area (Å²) in [5.74, 6) is -0.0360. The smallest absolute Gasteiger partial charge is 0.261 e.